The Balaban J connectivity index is 2.27. The number of hydrogen-bond acceptors (Lipinski definition) is 3. The standard InChI is InChI=1S/C15H14Br2N2O2/c1-9(10-3-5-18-6-4-10)19(2)15(21)11-7-12(16)14(20)13(17)8-11/h3-9,20H,1-2H3. The normalized spacial score (nSPS) is 12.0. The predicted molar refractivity (Wildman–Crippen MR) is 88.3 cm³/mol. The lowest BCUT2D eigenvalue weighted by Gasteiger charge is -2.25. The maximum Gasteiger partial charge on any atom is 0.254 e. The van der Waals surface area contributed by atoms with Gasteiger partial charge in [0.1, 0.15) is 5.75 Å². The van der Waals surface area contributed by atoms with Crippen molar-refractivity contribution < 1.29 is 9.90 Å². The molecule has 110 valence electrons. The lowest BCUT2D eigenvalue weighted by molar-refractivity contribution is 0.0742. The number of hydrogen-bond donors (Lipinski definition) is 1. The summed E-state index contributed by atoms with van der Waals surface area (Å²) in [7, 11) is 1.75. The second-order valence-electron chi connectivity index (χ2n) is 4.66. The number of aromatic nitrogens is 1. The van der Waals surface area contributed by atoms with Crippen LogP contribution in [0.1, 0.15) is 28.9 Å². The van der Waals surface area contributed by atoms with E-state index in [4.69, 9.17) is 0 Å². The van der Waals surface area contributed by atoms with E-state index in [1.165, 1.54) is 0 Å². The third-order valence-electron chi connectivity index (χ3n) is 3.35. The van der Waals surface area contributed by atoms with E-state index in [1.54, 1.807) is 36.5 Å². The van der Waals surface area contributed by atoms with Crippen LogP contribution in [0, 0.1) is 0 Å². The van der Waals surface area contributed by atoms with Gasteiger partial charge in [-0.3, -0.25) is 9.78 Å². The molecule has 1 amide bonds. The number of halogens is 2. The zero-order chi connectivity index (χ0) is 15.6. The first-order valence-corrected chi connectivity index (χ1v) is 7.85. The highest BCUT2D eigenvalue weighted by Crippen LogP contribution is 2.34. The Morgan fingerprint density at radius 2 is 1.76 bits per heavy atom. The zero-order valence-corrected chi connectivity index (χ0v) is 14.7. The van der Waals surface area contributed by atoms with Gasteiger partial charge in [0.15, 0.2) is 0 Å². The van der Waals surface area contributed by atoms with E-state index in [1.807, 2.05) is 19.1 Å². The average Bonchev–Trinajstić information content (AvgIpc) is 2.50. The number of benzene rings is 1. The summed E-state index contributed by atoms with van der Waals surface area (Å²) in [5, 5.41) is 9.71. The summed E-state index contributed by atoms with van der Waals surface area (Å²) in [6.45, 7) is 1.96. The van der Waals surface area contributed by atoms with Crippen LogP contribution in [-0.2, 0) is 0 Å². The highest BCUT2D eigenvalue weighted by atomic mass is 79.9. The van der Waals surface area contributed by atoms with Crippen LogP contribution < -0.4 is 0 Å². The summed E-state index contributed by atoms with van der Waals surface area (Å²) in [6, 6.07) is 6.91. The Morgan fingerprint density at radius 1 is 1.24 bits per heavy atom. The van der Waals surface area contributed by atoms with Crippen LogP contribution in [0.5, 0.6) is 5.75 Å². The van der Waals surface area contributed by atoms with Crippen LogP contribution in [0.2, 0.25) is 0 Å². The van der Waals surface area contributed by atoms with Crippen LogP contribution in [0.4, 0.5) is 0 Å². The minimum Gasteiger partial charge on any atom is -0.506 e. The van der Waals surface area contributed by atoms with Gasteiger partial charge in [0, 0.05) is 25.0 Å². The van der Waals surface area contributed by atoms with Gasteiger partial charge in [0.05, 0.1) is 15.0 Å². The number of carbonyl (C=O) groups excluding carboxylic acids is 1. The number of phenols is 1. The quantitative estimate of drug-likeness (QED) is 0.822. The van der Waals surface area contributed by atoms with Crippen LogP contribution in [-0.4, -0.2) is 27.9 Å². The second-order valence-corrected chi connectivity index (χ2v) is 6.37. The van der Waals surface area contributed by atoms with Crippen molar-refractivity contribution in [2.45, 2.75) is 13.0 Å². The monoisotopic (exact) mass is 412 g/mol. The molecule has 1 N–H and O–H groups in total. The fourth-order valence-corrected chi connectivity index (χ4v) is 3.12. The molecule has 2 aromatic rings. The number of pyridine rings is 1. The molecule has 1 heterocycles. The summed E-state index contributed by atoms with van der Waals surface area (Å²) in [4.78, 5) is 18.2. The minimum absolute atomic E-state index is 0.0770. The first kappa shape index (κ1) is 16.0. The number of amides is 1. The summed E-state index contributed by atoms with van der Waals surface area (Å²) in [5.41, 5.74) is 1.51. The molecule has 0 aliphatic carbocycles. The summed E-state index contributed by atoms with van der Waals surface area (Å²) >= 11 is 6.47. The highest BCUT2D eigenvalue weighted by molar-refractivity contribution is 9.11. The number of aromatic hydroxyl groups is 1. The maximum absolute atomic E-state index is 12.6. The highest BCUT2D eigenvalue weighted by Gasteiger charge is 2.20. The van der Waals surface area contributed by atoms with Crippen molar-refractivity contribution in [3.63, 3.8) is 0 Å². The van der Waals surface area contributed by atoms with E-state index in [0.29, 0.717) is 14.5 Å². The van der Waals surface area contributed by atoms with Crippen molar-refractivity contribution in [3.05, 3.63) is 56.7 Å². The molecular weight excluding hydrogens is 400 g/mol. The number of phenolic OH excluding ortho intramolecular Hbond substituents is 1. The topological polar surface area (TPSA) is 53.4 Å². The maximum atomic E-state index is 12.6. The van der Waals surface area contributed by atoms with Crippen LogP contribution in [0.3, 0.4) is 0 Å². The fourth-order valence-electron chi connectivity index (χ4n) is 1.93. The molecule has 0 bridgehead atoms. The number of carbonyl (C=O) groups is 1. The van der Waals surface area contributed by atoms with Gasteiger partial charge in [0.2, 0.25) is 0 Å². The Labute approximate surface area is 140 Å². The van der Waals surface area contributed by atoms with Gasteiger partial charge in [0.25, 0.3) is 5.91 Å². The van der Waals surface area contributed by atoms with Crippen molar-refractivity contribution in [1.29, 1.82) is 0 Å². The van der Waals surface area contributed by atoms with Crippen LogP contribution in [0.25, 0.3) is 0 Å². The molecule has 4 nitrogen and oxygen atoms in total. The number of nitrogens with zero attached hydrogens (tertiary/aromatic N) is 2. The van der Waals surface area contributed by atoms with Crippen molar-refractivity contribution in [3.8, 4) is 5.75 Å². The Kier molecular flexibility index (Phi) is 5.00. The molecule has 1 aromatic carbocycles. The molecule has 0 saturated heterocycles. The first-order chi connectivity index (χ1) is 9.91. The zero-order valence-electron chi connectivity index (χ0n) is 11.5. The molecule has 0 radical (unpaired) electrons. The van der Waals surface area contributed by atoms with E-state index in [2.05, 4.69) is 36.8 Å². The molecule has 0 fully saturated rings. The molecule has 0 aliphatic rings. The van der Waals surface area contributed by atoms with Gasteiger partial charge in [-0.25, -0.2) is 0 Å². The Bertz CT molecular complexity index is 639. The van der Waals surface area contributed by atoms with Crippen molar-refractivity contribution >= 4 is 37.8 Å². The molecule has 1 atom stereocenters. The molecular formula is C15H14Br2N2O2. The van der Waals surface area contributed by atoms with Gasteiger partial charge in [-0.05, 0) is 68.6 Å². The van der Waals surface area contributed by atoms with Gasteiger partial charge < -0.3 is 10.0 Å². The third-order valence-corrected chi connectivity index (χ3v) is 4.56. The molecule has 0 aliphatic heterocycles. The average molecular weight is 414 g/mol. The number of rotatable bonds is 3. The third kappa shape index (κ3) is 3.44. The Morgan fingerprint density at radius 3 is 2.29 bits per heavy atom. The molecule has 1 aromatic heterocycles. The van der Waals surface area contributed by atoms with Crippen LogP contribution in [0.15, 0.2) is 45.6 Å². The molecule has 6 heteroatoms. The molecule has 21 heavy (non-hydrogen) atoms. The lowest BCUT2D eigenvalue weighted by atomic mass is 10.1. The SMILES string of the molecule is CC(c1ccncc1)N(C)C(=O)c1cc(Br)c(O)c(Br)c1. The Hall–Kier alpha value is -1.40. The summed E-state index contributed by atoms with van der Waals surface area (Å²) < 4.78 is 0.954. The van der Waals surface area contributed by atoms with Gasteiger partial charge >= 0.3 is 0 Å². The predicted octanol–water partition coefficient (Wildman–Crippen LogP) is 4.15. The second kappa shape index (κ2) is 6.58. The van der Waals surface area contributed by atoms with Crippen molar-refractivity contribution in [2.75, 3.05) is 7.05 Å². The smallest absolute Gasteiger partial charge is 0.254 e. The van der Waals surface area contributed by atoms with Crippen molar-refractivity contribution in [2.24, 2.45) is 0 Å². The van der Waals surface area contributed by atoms with Gasteiger partial charge in [-0.1, -0.05) is 0 Å². The summed E-state index contributed by atoms with van der Waals surface area (Å²) in [6.07, 6.45) is 3.41. The molecule has 0 spiro atoms. The van der Waals surface area contributed by atoms with E-state index in [-0.39, 0.29) is 17.7 Å². The minimum atomic E-state index is -0.124. The molecule has 0 saturated carbocycles. The van der Waals surface area contributed by atoms with Crippen LogP contribution >= 0.6 is 31.9 Å². The largest absolute Gasteiger partial charge is 0.506 e. The van der Waals surface area contributed by atoms with E-state index >= 15 is 0 Å². The van der Waals surface area contributed by atoms with E-state index in [9.17, 15) is 9.90 Å². The lowest BCUT2D eigenvalue weighted by Crippen LogP contribution is -2.29. The summed E-state index contributed by atoms with van der Waals surface area (Å²) in [5.74, 6) is -0.0444. The van der Waals surface area contributed by atoms with Gasteiger partial charge in [-0.15, -0.1) is 0 Å². The van der Waals surface area contributed by atoms with E-state index in [0.717, 1.165) is 5.56 Å². The van der Waals surface area contributed by atoms with Crippen molar-refractivity contribution in [1.82, 2.24) is 9.88 Å². The molecule has 1 unspecified atom stereocenters. The first-order valence-electron chi connectivity index (χ1n) is 6.27. The van der Waals surface area contributed by atoms with Gasteiger partial charge in [-0.2, -0.15) is 0 Å². The fraction of sp³-hybridized carbons (Fsp3) is 0.200. The van der Waals surface area contributed by atoms with E-state index < -0.39 is 0 Å². The molecule has 2 rings (SSSR count).